The third-order valence-corrected chi connectivity index (χ3v) is 7.04. The molecule has 0 atom stereocenters. The lowest BCUT2D eigenvalue weighted by Gasteiger charge is -2.23. The Balaban J connectivity index is 1.89. The van der Waals surface area contributed by atoms with Gasteiger partial charge in [0.15, 0.2) is 0 Å². The molecule has 0 radical (unpaired) electrons. The zero-order chi connectivity index (χ0) is 22.8. The molecule has 0 N–H and O–H groups in total. The summed E-state index contributed by atoms with van der Waals surface area (Å²) in [5.74, 6) is -1.07. The van der Waals surface area contributed by atoms with Crippen molar-refractivity contribution in [2.75, 3.05) is 10.1 Å². The lowest BCUT2D eigenvalue weighted by atomic mass is 9.91. The predicted molar refractivity (Wildman–Crippen MR) is 109 cm³/mol. The highest BCUT2D eigenvalue weighted by atomic mass is 32.2. The summed E-state index contributed by atoms with van der Waals surface area (Å²) in [5.41, 5.74) is 0.00228. The largest absolute Gasteiger partial charge is 0.414 e. The Hall–Kier alpha value is -2.98. The van der Waals surface area contributed by atoms with Crippen LogP contribution in [0, 0.1) is 11.3 Å². The van der Waals surface area contributed by atoms with Crippen molar-refractivity contribution in [1.29, 1.82) is 5.26 Å². The van der Waals surface area contributed by atoms with Crippen LogP contribution < -0.4 is 4.31 Å². The predicted octanol–water partition coefficient (Wildman–Crippen LogP) is 3.68. The first-order chi connectivity index (χ1) is 14.6. The molecule has 3 aromatic rings. The number of thiazole rings is 1. The van der Waals surface area contributed by atoms with Crippen LogP contribution in [-0.4, -0.2) is 34.3 Å². The Labute approximate surface area is 181 Å². The Morgan fingerprint density at radius 1 is 1.26 bits per heavy atom. The summed E-state index contributed by atoms with van der Waals surface area (Å²) in [6, 6.07) is 5.33. The van der Waals surface area contributed by atoms with E-state index >= 15 is 0 Å². The van der Waals surface area contributed by atoms with E-state index in [0.717, 1.165) is 15.6 Å². The lowest BCUT2D eigenvalue weighted by Crippen LogP contribution is -2.32. The van der Waals surface area contributed by atoms with Gasteiger partial charge in [-0.2, -0.15) is 14.0 Å². The van der Waals surface area contributed by atoms with Crippen LogP contribution in [0.15, 0.2) is 28.9 Å². The van der Waals surface area contributed by atoms with Crippen molar-refractivity contribution in [3.63, 3.8) is 0 Å². The number of hydrogen-bond acceptors (Lipinski definition) is 9. The number of sulfonamides is 1. The van der Waals surface area contributed by atoms with Gasteiger partial charge in [-0.25, -0.2) is 13.4 Å². The highest BCUT2D eigenvalue weighted by Gasteiger charge is 2.26. The molecule has 0 aliphatic carbocycles. The van der Waals surface area contributed by atoms with E-state index in [-0.39, 0.29) is 18.2 Å². The molecule has 0 unspecified atom stereocenters. The van der Waals surface area contributed by atoms with E-state index < -0.39 is 27.8 Å². The Morgan fingerprint density at radius 2 is 2.00 bits per heavy atom. The molecule has 164 valence electrons. The van der Waals surface area contributed by atoms with Crippen LogP contribution in [0.3, 0.4) is 0 Å². The number of alkyl halides is 2. The number of rotatable bonds is 8. The molecule has 0 aromatic carbocycles. The molecule has 3 rings (SSSR count). The summed E-state index contributed by atoms with van der Waals surface area (Å²) in [5, 5.41) is 16.5. The number of hydrogen-bond donors (Lipinski definition) is 0. The van der Waals surface area contributed by atoms with E-state index in [4.69, 9.17) is 4.42 Å². The van der Waals surface area contributed by atoms with Crippen molar-refractivity contribution in [3.8, 4) is 16.8 Å². The molecule has 0 fully saturated rings. The minimum Gasteiger partial charge on any atom is -0.414 e. The summed E-state index contributed by atoms with van der Waals surface area (Å²) in [7, 11) is -3.68. The van der Waals surface area contributed by atoms with Gasteiger partial charge in [-0.05, 0) is 32.9 Å². The quantitative estimate of drug-likeness (QED) is 0.490. The van der Waals surface area contributed by atoms with Crippen molar-refractivity contribution in [1.82, 2.24) is 20.2 Å². The molecule has 0 amide bonds. The van der Waals surface area contributed by atoms with Crippen LogP contribution in [-0.2, 0) is 22.0 Å². The third kappa shape index (κ3) is 4.86. The molecule has 9 nitrogen and oxygen atoms in total. The standard InChI is InChI=1S/C18H18F2N6O3S2/c1-4-31(27,28)26(11-5-6-13(22-7-11)18(2,3)10-21)9-14-23-8-12(30-14)16-24-25-17(29-16)15(19)20/h5-8,15H,4,9H2,1-3H3. The average molecular weight is 469 g/mol. The molecule has 0 saturated heterocycles. The van der Waals surface area contributed by atoms with E-state index in [1.165, 1.54) is 19.3 Å². The minimum absolute atomic E-state index is 0.0979. The smallest absolute Gasteiger partial charge is 0.314 e. The maximum atomic E-state index is 12.7. The highest BCUT2D eigenvalue weighted by molar-refractivity contribution is 7.92. The Kier molecular flexibility index (Phi) is 6.33. The fourth-order valence-electron chi connectivity index (χ4n) is 2.49. The third-order valence-electron chi connectivity index (χ3n) is 4.33. The van der Waals surface area contributed by atoms with Crippen LogP contribution >= 0.6 is 11.3 Å². The van der Waals surface area contributed by atoms with Crippen LogP contribution in [0.4, 0.5) is 14.5 Å². The van der Waals surface area contributed by atoms with Gasteiger partial charge in [0.1, 0.15) is 9.88 Å². The molecular weight excluding hydrogens is 450 g/mol. The Bertz CT molecular complexity index is 1200. The highest BCUT2D eigenvalue weighted by Crippen LogP contribution is 2.30. The summed E-state index contributed by atoms with van der Waals surface area (Å²) in [4.78, 5) is 8.76. The molecule has 0 aliphatic rings. The molecule has 13 heteroatoms. The van der Waals surface area contributed by atoms with Crippen LogP contribution in [0.25, 0.3) is 10.8 Å². The van der Waals surface area contributed by atoms with Crippen molar-refractivity contribution in [2.45, 2.75) is 39.2 Å². The molecule has 3 aromatic heterocycles. The second-order valence-electron chi connectivity index (χ2n) is 6.91. The first kappa shape index (κ1) is 22.7. The van der Waals surface area contributed by atoms with E-state index in [0.29, 0.717) is 21.3 Å². The van der Waals surface area contributed by atoms with Gasteiger partial charge < -0.3 is 4.42 Å². The summed E-state index contributed by atoms with van der Waals surface area (Å²) >= 11 is 1.05. The minimum atomic E-state index is -3.68. The van der Waals surface area contributed by atoms with Crippen molar-refractivity contribution in [2.24, 2.45) is 0 Å². The van der Waals surface area contributed by atoms with Gasteiger partial charge in [0.25, 0.3) is 11.8 Å². The van der Waals surface area contributed by atoms with Crippen LogP contribution in [0.5, 0.6) is 0 Å². The van der Waals surface area contributed by atoms with Gasteiger partial charge in [-0.15, -0.1) is 21.5 Å². The number of halogens is 2. The second-order valence-corrected chi connectivity index (χ2v) is 10.2. The van der Waals surface area contributed by atoms with Gasteiger partial charge in [0.2, 0.25) is 10.0 Å². The first-order valence-corrected chi connectivity index (χ1v) is 11.4. The van der Waals surface area contributed by atoms with Gasteiger partial charge in [-0.3, -0.25) is 9.29 Å². The van der Waals surface area contributed by atoms with Crippen LogP contribution in [0.2, 0.25) is 0 Å². The summed E-state index contributed by atoms with van der Waals surface area (Å²) in [6.07, 6.45) is -0.139. The molecule has 0 spiro atoms. The van der Waals surface area contributed by atoms with Gasteiger partial charge in [-0.1, -0.05) is 0 Å². The van der Waals surface area contributed by atoms with E-state index in [1.54, 1.807) is 26.0 Å². The monoisotopic (exact) mass is 468 g/mol. The SMILES string of the molecule is CCS(=O)(=O)N(Cc1ncc(-c2nnc(C(F)F)o2)s1)c1ccc(C(C)(C)C#N)nc1. The number of nitrogens with zero attached hydrogens (tertiary/aromatic N) is 6. The van der Waals surface area contributed by atoms with Crippen molar-refractivity contribution >= 4 is 27.0 Å². The second kappa shape index (κ2) is 8.64. The lowest BCUT2D eigenvalue weighted by molar-refractivity contribution is 0.116. The summed E-state index contributed by atoms with van der Waals surface area (Å²) in [6.45, 7) is 4.84. The molecule has 0 bridgehead atoms. The number of pyridine rings is 1. The number of nitriles is 1. The van der Waals surface area contributed by atoms with Crippen molar-refractivity contribution < 1.29 is 21.6 Å². The van der Waals surface area contributed by atoms with E-state index in [2.05, 4.69) is 26.2 Å². The zero-order valence-electron chi connectivity index (χ0n) is 16.8. The van der Waals surface area contributed by atoms with Gasteiger partial charge in [0, 0.05) is 0 Å². The average Bonchev–Trinajstić information content (AvgIpc) is 3.41. The Morgan fingerprint density at radius 3 is 2.55 bits per heavy atom. The summed E-state index contributed by atoms with van der Waals surface area (Å²) < 4.78 is 56.8. The molecule has 0 saturated carbocycles. The fourth-order valence-corrected chi connectivity index (χ4v) is 4.46. The van der Waals surface area contributed by atoms with E-state index in [9.17, 15) is 22.5 Å². The van der Waals surface area contributed by atoms with Gasteiger partial charge >= 0.3 is 6.43 Å². The topological polar surface area (TPSA) is 126 Å². The number of anilines is 1. The van der Waals surface area contributed by atoms with Crippen LogP contribution in [0.1, 0.15) is 43.8 Å². The molecule has 0 aliphatic heterocycles. The zero-order valence-corrected chi connectivity index (χ0v) is 18.4. The molecular formula is C18H18F2N6O3S2. The maximum absolute atomic E-state index is 12.7. The molecule has 3 heterocycles. The van der Waals surface area contributed by atoms with E-state index in [1.807, 2.05) is 0 Å². The first-order valence-electron chi connectivity index (χ1n) is 9.02. The fraction of sp³-hybridized carbons (Fsp3) is 0.389. The number of aromatic nitrogens is 4. The van der Waals surface area contributed by atoms with Gasteiger partial charge in [0.05, 0.1) is 47.6 Å². The normalized spacial score (nSPS) is 12.2. The van der Waals surface area contributed by atoms with Crippen molar-refractivity contribution in [3.05, 3.63) is 41.1 Å². The maximum Gasteiger partial charge on any atom is 0.314 e. The molecule has 31 heavy (non-hydrogen) atoms.